The fourth-order valence-corrected chi connectivity index (χ4v) is 1.97. The Kier molecular flexibility index (Phi) is 7.76. The zero-order chi connectivity index (χ0) is 15.8. The van der Waals surface area contributed by atoms with E-state index in [4.69, 9.17) is 0 Å². The van der Waals surface area contributed by atoms with E-state index in [0.717, 1.165) is 0 Å². The second-order valence-corrected chi connectivity index (χ2v) is 4.68. The van der Waals surface area contributed by atoms with Crippen LogP contribution < -0.4 is 0 Å². The van der Waals surface area contributed by atoms with E-state index in [-0.39, 0.29) is 18.7 Å². The Morgan fingerprint density at radius 2 is 1.80 bits per heavy atom. The van der Waals surface area contributed by atoms with Crippen LogP contribution in [0.25, 0.3) is 0 Å². The van der Waals surface area contributed by atoms with E-state index >= 15 is 0 Å². The second-order valence-electron chi connectivity index (χ2n) is 4.68. The van der Waals surface area contributed by atoms with E-state index in [0.29, 0.717) is 6.54 Å². The van der Waals surface area contributed by atoms with Gasteiger partial charge in [0.1, 0.15) is 5.78 Å². The van der Waals surface area contributed by atoms with Gasteiger partial charge in [0, 0.05) is 18.0 Å². The molecule has 0 aliphatic rings. The standard InChI is InChI=1S/C14H23NO5/c1-6-15(10-13(18)20-5)14(3,9-11(2)16)8-7-12(17)19-4/h7-8H,6,9-10H2,1-5H3/b8-7+. The first kappa shape index (κ1) is 18.3. The Labute approximate surface area is 119 Å². The number of methoxy groups -OCH3 is 2. The summed E-state index contributed by atoms with van der Waals surface area (Å²) in [5.74, 6) is -0.938. The van der Waals surface area contributed by atoms with Crippen LogP contribution in [0.5, 0.6) is 0 Å². The SMILES string of the molecule is CCN(CC(=O)OC)C(C)(/C=C/C(=O)OC)CC(C)=O. The van der Waals surface area contributed by atoms with Crippen molar-refractivity contribution in [1.82, 2.24) is 4.90 Å². The van der Waals surface area contributed by atoms with Crippen molar-refractivity contribution in [3.8, 4) is 0 Å². The molecule has 20 heavy (non-hydrogen) atoms. The third kappa shape index (κ3) is 5.97. The number of ketones is 1. The minimum absolute atomic E-state index is 0.0367. The molecule has 0 aromatic carbocycles. The molecule has 0 amide bonds. The van der Waals surface area contributed by atoms with Gasteiger partial charge in [-0.3, -0.25) is 14.5 Å². The average Bonchev–Trinajstić information content (AvgIpc) is 2.40. The second kappa shape index (κ2) is 8.47. The van der Waals surface area contributed by atoms with Crippen molar-refractivity contribution in [3.63, 3.8) is 0 Å². The van der Waals surface area contributed by atoms with E-state index in [9.17, 15) is 14.4 Å². The summed E-state index contributed by atoms with van der Waals surface area (Å²) in [6.45, 7) is 5.70. The molecule has 0 saturated heterocycles. The summed E-state index contributed by atoms with van der Waals surface area (Å²) in [5.41, 5.74) is -0.747. The molecule has 0 aromatic heterocycles. The number of hydrogen-bond donors (Lipinski definition) is 0. The van der Waals surface area contributed by atoms with Crippen LogP contribution in [-0.2, 0) is 23.9 Å². The zero-order valence-electron chi connectivity index (χ0n) is 12.8. The van der Waals surface area contributed by atoms with Crippen molar-refractivity contribution in [2.45, 2.75) is 32.7 Å². The maximum absolute atomic E-state index is 11.5. The van der Waals surface area contributed by atoms with Crippen molar-refractivity contribution >= 4 is 17.7 Å². The molecule has 0 aliphatic heterocycles. The summed E-state index contributed by atoms with van der Waals surface area (Å²) in [4.78, 5) is 35.9. The minimum Gasteiger partial charge on any atom is -0.468 e. The summed E-state index contributed by atoms with van der Waals surface area (Å²) in [6, 6.07) is 0. The van der Waals surface area contributed by atoms with Gasteiger partial charge in [-0.2, -0.15) is 0 Å². The molecule has 114 valence electrons. The first-order valence-corrected chi connectivity index (χ1v) is 6.37. The summed E-state index contributed by atoms with van der Waals surface area (Å²) < 4.78 is 9.19. The van der Waals surface area contributed by atoms with Gasteiger partial charge in [0.2, 0.25) is 0 Å². The first-order chi connectivity index (χ1) is 9.28. The number of ether oxygens (including phenoxy) is 2. The van der Waals surface area contributed by atoms with Crippen LogP contribution in [0, 0.1) is 0 Å². The molecule has 0 radical (unpaired) electrons. The summed E-state index contributed by atoms with van der Waals surface area (Å²) >= 11 is 0. The van der Waals surface area contributed by atoms with Crippen LogP contribution in [0.2, 0.25) is 0 Å². The lowest BCUT2D eigenvalue weighted by molar-refractivity contribution is -0.143. The highest BCUT2D eigenvalue weighted by atomic mass is 16.5. The lowest BCUT2D eigenvalue weighted by atomic mass is 9.92. The third-order valence-electron chi connectivity index (χ3n) is 3.04. The number of Topliss-reactive ketones (excluding diaryl/α,β-unsaturated/α-hetero) is 1. The van der Waals surface area contributed by atoms with Crippen LogP contribution in [0.1, 0.15) is 27.2 Å². The molecule has 0 aromatic rings. The van der Waals surface area contributed by atoms with Gasteiger partial charge in [0.25, 0.3) is 0 Å². The number of carbonyl (C=O) groups is 3. The predicted molar refractivity (Wildman–Crippen MR) is 74.1 cm³/mol. The lowest BCUT2D eigenvalue weighted by Crippen LogP contribution is -2.48. The van der Waals surface area contributed by atoms with Crippen molar-refractivity contribution in [1.29, 1.82) is 0 Å². The number of likely N-dealkylation sites (N-methyl/N-ethyl adjacent to an activating group) is 1. The summed E-state index contributed by atoms with van der Waals surface area (Å²) in [5, 5.41) is 0. The maximum atomic E-state index is 11.5. The highest BCUT2D eigenvalue weighted by Gasteiger charge is 2.31. The molecule has 1 unspecified atom stereocenters. The molecule has 6 heteroatoms. The van der Waals surface area contributed by atoms with E-state index in [1.165, 1.54) is 27.2 Å². The highest BCUT2D eigenvalue weighted by molar-refractivity contribution is 5.83. The number of carbonyl (C=O) groups excluding carboxylic acids is 3. The summed E-state index contributed by atoms with van der Waals surface area (Å²) in [6.07, 6.45) is 3.04. The zero-order valence-corrected chi connectivity index (χ0v) is 12.8. The normalized spacial score (nSPS) is 14.1. The van der Waals surface area contributed by atoms with Gasteiger partial charge >= 0.3 is 11.9 Å². The van der Waals surface area contributed by atoms with Crippen molar-refractivity contribution in [2.24, 2.45) is 0 Å². The van der Waals surface area contributed by atoms with Gasteiger partial charge < -0.3 is 9.47 Å². The molecule has 0 N–H and O–H groups in total. The summed E-state index contributed by atoms with van der Waals surface area (Å²) in [7, 11) is 2.59. The number of hydrogen-bond acceptors (Lipinski definition) is 6. The highest BCUT2D eigenvalue weighted by Crippen LogP contribution is 2.22. The average molecular weight is 285 g/mol. The lowest BCUT2D eigenvalue weighted by Gasteiger charge is -2.37. The number of nitrogens with zero attached hydrogens (tertiary/aromatic N) is 1. The predicted octanol–water partition coefficient (Wildman–Crippen LogP) is 0.948. The Hall–Kier alpha value is -1.69. The van der Waals surface area contributed by atoms with Gasteiger partial charge in [-0.1, -0.05) is 13.0 Å². The number of esters is 2. The van der Waals surface area contributed by atoms with Crippen LogP contribution in [-0.4, -0.2) is 55.5 Å². The first-order valence-electron chi connectivity index (χ1n) is 6.37. The molecular formula is C14H23NO5. The van der Waals surface area contributed by atoms with Gasteiger partial charge in [-0.05, 0) is 20.4 Å². The van der Waals surface area contributed by atoms with Crippen LogP contribution in [0.3, 0.4) is 0 Å². The smallest absolute Gasteiger partial charge is 0.330 e. The molecule has 0 heterocycles. The third-order valence-corrected chi connectivity index (χ3v) is 3.04. The largest absolute Gasteiger partial charge is 0.468 e. The fraction of sp³-hybridized carbons (Fsp3) is 0.643. The van der Waals surface area contributed by atoms with E-state index in [1.807, 2.05) is 6.92 Å². The van der Waals surface area contributed by atoms with Crippen molar-refractivity contribution in [3.05, 3.63) is 12.2 Å². The molecule has 1 atom stereocenters. The maximum Gasteiger partial charge on any atom is 0.330 e. The van der Waals surface area contributed by atoms with Crippen LogP contribution >= 0.6 is 0 Å². The Bertz CT molecular complexity index is 391. The van der Waals surface area contributed by atoms with Crippen LogP contribution in [0.15, 0.2) is 12.2 Å². The van der Waals surface area contributed by atoms with Gasteiger partial charge in [0.05, 0.1) is 20.8 Å². The molecule has 0 saturated carbocycles. The molecule has 0 fully saturated rings. The van der Waals surface area contributed by atoms with E-state index in [2.05, 4.69) is 9.47 Å². The van der Waals surface area contributed by atoms with Crippen molar-refractivity contribution < 1.29 is 23.9 Å². The van der Waals surface area contributed by atoms with Crippen molar-refractivity contribution in [2.75, 3.05) is 27.3 Å². The Morgan fingerprint density at radius 1 is 1.20 bits per heavy atom. The van der Waals surface area contributed by atoms with Gasteiger partial charge in [0.15, 0.2) is 0 Å². The Morgan fingerprint density at radius 3 is 2.20 bits per heavy atom. The van der Waals surface area contributed by atoms with Crippen LogP contribution in [0.4, 0.5) is 0 Å². The Balaban J connectivity index is 5.25. The molecule has 6 nitrogen and oxygen atoms in total. The minimum atomic E-state index is -0.747. The molecular weight excluding hydrogens is 262 g/mol. The van der Waals surface area contributed by atoms with E-state index < -0.39 is 17.5 Å². The molecule has 0 spiro atoms. The monoisotopic (exact) mass is 285 g/mol. The quantitative estimate of drug-likeness (QED) is 0.488. The fourth-order valence-electron chi connectivity index (χ4n) is 1.97. The molecule has 0 rings (SSSR count). The molecule has 0 bridgehead atoms. The topological polar surface area (TPSA) is 72.9 Å². The van der Waals surface area contributed by atoms with Gasteiger partial charge in [-0.25, -0.2) is 4.79 Å². The molecule has 0 aliphatic carbocycles. The van der Waals surface area contributed by atoms with Gasteiger partial charge in [-0.15, -0.1) is 0 Å². The van der Waals surface area contributed by atoms with E-state index in [1.54, 1.807) is 17.9 Å². The number of rotatable bonds is 8.